The molecule has 116 valence electrons. The van der Waals surface area contributed by atoms with E-state index >= 15 is 0 Å². The van der Waals surface area contributed by atoms with Gasteiger partial charge in [-0.15, -0.1) is 16.4 Å². The number of aromatic nitrogens is 3. The Morgan fingerprint density at radius 2 is 2.09 bits per heavy atom. The number of carbonyl (C=O) groups excluding carboxylic acids is 1. The average Bonchev–Trinajstić information content (AvgIpc) is 3.23. The molecule has 2 heterocycles. The van der Waals surface area contributed by atoms with Crippen LogP contribution in [0.25, 0.3) is 16.8 Å². The molecule has 0 saturated heterocycles. The van der Waals surface area contributed by atoms with E-state index in [1.807, 2.05) is 54.8 Å². The summed E-state index contributed by atoms with van der Waals surface area (Å²) in [6, 6.07) is 13.6. The molecule has 0 N–H and O–H groups in total. The van der Waals surface area contributed by atoms with Gasteiger partial charge in [0.2, 0.25) is 0 Å². The van der Waals surface area contributed by atoms with Crippen LogP contribution >= 0.6 is 11.3 Å². The van der Waals surface area contributed by atoms with Gasteiger partial charge in [0.1, 0.15) is 0 Å². The summed E-state index contributed by atoms with van der Waals surface area (Å²) in [4.78, 5) is 17.6. The highest BCUT2D eigenvalue weighted by Crippen LogP contribution is 2.24. The molecule has 0 spiro atoms. The molecular weight excluding hydrogens is 310 g/mol. The summed E-state index contributed by atoms with van der Waals surface area (Å²) < 4.78 is 6.60. The monoisotopic (exact) mass is 325 g/mol. The van der Waals surface area contributed by atoms with Gasteiger partial charge in [0, 0.05) is 6.08 Å². The zero-order chi connectivity index (χ0) is 16.1. The van der Waals surface area contributed by atoms with Crippen LogP contribution in [0, 0.1) is 0 Å². The highest BCUT2D eigenvalue weighted by atomic mass is 32.1. The van der Waals surface area contributed by atoms with Crippen molar-refractivity contribution in [2.45, 2.75) is 6.92 Å². The number of carbonyl (C=O) groups is 1. The molecule has 2 aromatic heterocycles. The second kappa shape index (κ2) is 7.02. The molecule has 0 bridgehead atoms. The third kappa shape index (κ3) is 3.54. The number of hydrogen-bond acceptors (Lipinski definition) is 5. The summed E-state index contributed by atoms with van der Waals surface area (Å²) in [5.41, 5.74) is 0.948. The van der Waals surface area contributed by atoms with Crippen LogP contribution in [0.15, 0.2) is 53.9 Å². The lowest BCUT2D eigenvalue weighted by Gasteiger charge is -1.98. The van der Waals surface area contributed by atoms with Crippen molar-refractivity contribution in [3.8, 4) is 16.7 Å². The highest BCUT2D eigenvalue weighted by molar-refractivity contribution is 7.13. The van der Waals surface area contributed by atoms with Crippen LogP contribution in [0.5, 0.6) is 6.01 Å². The molecule has 0 aliphatic heterocycles. The number of thiophene rings is 1. The lowest BCUT2D eigenvalue weighted by molar-refractivity contribution is 0.0955. The topological polar surface area (TPSA) is 57.0 Å². The fraction of sp³-hybridized carbons (Fsp3) is 0.118. The lowest BCUT2D eigenvalue weighted by atomic mass is 10.2. The Morgan fingerprint density at radius 3 is 2.78 bits per heavy atom. The van der Waals surface area contributed by atoms with Crippen LogP contribution in [0.2, 0.25) is 0 Å². The van der Waals surface area contributed by atoms with Crippen molar-refractivity contribution >= 4 is 23.3 Å². The molecule has 3 aromatic rings. The van der Waals surface area contributed by atoms with Gasteiger partial charge in [-0.2, -0.15) is 9.67 Å². The first-order valence-electron chi connectivity index (χ1n) is 7.19. The van der Waals surface area contributed by atoms with Gasteiger partial charge in [-0.1, -0.05) is 36.4 Å². The predicted octanol–water partition coefficient (Wildman–Crippen LogP) is 3.76. The molecule has 0 radical (unpaired) electrons. The zero-order valence-electron chi connectivity index (χ0n) is 12.5. The quantitative estimate of drug-likeness (QED) is 0.670. The van der Waals surface area contributed by atoms with E-state index in [9.17, 15) is 4.79 Å². The molecule has 0 aliphatic rings. The molecule has 6 heteroatoms. The Kier molecular flexibility index (Phi) is 4.63. The number of hydrogen-bond donors (Lipinski definition) is 0. The van der Waals surface area contributed by atoms with Crippen molar-refractivity contribution in [3.05, 3.63) is 59.5 Å². The van der Waals surface area contributed by atoms with Crippen LogP contribution < -0.4 is 4.74 Å². The molecule has 3 rings (SSSR count). The third-order valence-corrected chi connectivity index (χ3v) is 3.90. The van der Waals surface area contributed by atoms with Crippen LogP contribution in [0.3, 0.4) is 0 Å². The summed E-state index contributed by atoms with van der Waals surface area (Å²) in [5.74, 6) is 0.224. The highest BCUT2D eigenvalue weighted by Gasteiger charge is 2.17. The van der Waals surface area contributed by atoms with Gasteiger partial charge in [0.05, 0.1) is 11.5 Å². The van der Waals surface area contributed by atoms with Gasteiger partial charge in [-0.3, -0.25) is 4.79 Å². The summed E-state index contributed by atoms with van der Waals surface area (Å²) in [6.45, 7) is 2.30. The van der Waals surface area contributed by atoms with Crippen molar-refractivity contribution in [3.63, 3.8) is 0 Å². The van der Waals surface area contributed by atoms with Crippen LogP contribution in [-0.2, 0) is 0 Å². The van der Waals surface area contributed by atoms with Gasteiger partial charge in [-0.25, -0.2) is 0 Å². The van der Waals surface area contributed by atoms with Crippen LogP contribution in [0.1, 0.15) is 17.3 Å². The number of nitrogens with zero attached hydrogens (tertiary/aromatic N) is 3. The fourth-order valence-electron chi connectivity index (χ4n) is 2.00. The maximum absolute atomic E-state index is 12.5. The molecule has 0 aliphatic carbocycles. The molecular formula is C17H15N3O2S. The van der Waals surface area contributed by atoms with Crippen LogP contribution in [0.4, 0.5) is 0 Å². The Bertz CT molecular complexity index is 808. The summed E-state index contributed by atoms with van der Waals surface area (Å²) in [6.07, 6.45) is 3.24. The van der Waals surface area contributed by atoms with E-state index in [1.165, 1.54) is 22.1 Å². The lowest BCUT2D eigenvalue weighted by Crippen LogP contribution is -2.10. The Hall–Kier alpha value is -2.73. The van der Waals surface area contributed by atoms with Crippen molar-refractivity contribution in [2.24, 2.45) is 0 Å². The Balaban J connectivity index is 1.91. The predicted molar refractivity (Wildman–Crippen MR) is 90.6 cm³/mol. The first-order valence-corrected chi connectivity index (χ1v) is 8.07. The second-order valence-electron chi connectivity index (χ2n) is 4.62. The third-order valence-electron chi connectivity index (χ3n) is 3.03. The maximum atomic E-state index is 12.5. The molecule has 0 unspecified atom stereocenters. The van der Waals surface area contributed by atoms with Gasteiger partial charge >= 0.3 is 6.01 Å². The molecule has 0 atom stereocenters. The molecule has 0 saturated carbocycles. The van der Waals surface area contributed by atoms with E-state index in [2.05, 4.69) is 10.1 Å². The van der Waals surface area contributed by atoms with Crippen LogP contribution in [-0.4, -0.2) is 27.3 Å². The summed E-state index contributed by atoms with van der Waals surface area (Å²) in [5, 5.41) is 6.09. The largest absolute Gasteiger partial charge is 0.463 e. The van der Waals surface area contributed by atoms with E-state index in [0.29, 0.717) is 12.4 Å². The second-order valence-corrected chi connectivity index (χ2v) is 5.57. The first kappa shape index (κ1) is 15.2. The SMILES string of the molecule is CCOc1nc(-c2cccs2)n(C(=O)/C=C/c2ccccc2)n1. The average molecular weight is 325 g/mol. The summed E-state index contributed by atoms with van der Waals surface area (Å²) >= 11 is 1.50. The number of ether oxygens (including phenoxy) is 1. The number of allylic oxidation sites excluding steroid dienone is 1. The van der Waals surface area contributed by atoms with Crippen molar-refractivity contribution in [1.29, 1.82) is 0 Å². The van der Waals surface area contributed by atoms with Gasteiger partial charge in [0.15, 0.2) is 5.82 Å². The number of rotatable bonds is 5. The molecule has 23 heavy (non-hydrogen) atoms. The van der Waals surface area contributed by atoms with E-state index in [4.69, 9.17) is 4.74 Å². The fourth-order valence-corrected chi connectivity index (χ4v) is 2.70. The molecule has 0 amide bonds. The Labute approximate surface area is 137 Å². The van der Waals surface area contributed by atoms with E-state index < -0.39 is 0 Å². The van der Waals surface area contributed by atoms with E-state index in [1.54, 1.807) is 6.08 Å². The standard InChI is InChI=1S/C17H15N3O2S/c1-2-22-17-18-16(14-9-6-12-23-14)20(19-17)15(21)11-10-13-7-4-3-5-8-13/h3-12H,2H2,1H3/b11-10+. The smallest absolute Gasteiger partial charge is 0.336 e. The Morgan fingerprint density at radius 1 is 1.26 bits per heavy atom. The van der Waals surface area contributed by atoms with Crippen molar-refractivity contribution < 1.29 is 9.53 Å². The van der Waals surface area contributed by atoms with Gasteiger partial charge in [-0.05, 0) is 30.0 Å². The number of benzene rings is 1. The van der Waals surface area contributed by atoms with E-state index in [0.717, 1.165) is 10.4 Å². The van der Waals surface area contributed by atoms with Gasteiger partial charge in [0.25, 0.3) is 5.91 Å². The minimum Gasteiger partial charge on any atom is -0.463 e. The maximum Gasteiger partial charge on any atom is 0.336 e. The zero-order valence-corrected chi connectivity index (χ0v) is 13.4. The van der Waals surface area contributed by atoms with Gasteiger partial charge < -0.3 is 4.74 Å². The summed E-state index contributed by atoms with van der Waals surface area (Å²) in [7, 11) is 0. The minimum absolute atomic E-state index is 0.206. The van der Waals surface area contributed by atoms with Crippen molar-refractivity contribution in [1.82, 2.24) is 14.8 Å². The first-order chi connectivity index (χ1) is 11.3. The molecule has 5 nitrogen and oxygen atoms in total. The van der Waals surface area contributed by atoms with Crippen molar-refractivity contribution in [2.75, 3.05) is 6.61 Å². The van der Waals surface area contributed by atoms with E-state index in [-0.39, 0.29) is 11.9 Å². The molecule has 0 fully saturated rings. The normalized spacial score (nSPS) is 11.0. The minimum atomic E-state index is -0.268. The molecule has 1 aromatic carbocycles.